The van der Waals surface area contributed by atoms with Crippen LogP contribution in [0.15, 0.2) is 6.07 Å². The number of aliphatic hydroxyl groups excluding tert-OH is 1. The summed E-state index contributed by atoms with van der Waals surface area (Å²) < 4.78 is 0. The van der Waals surface area contributed by atoms with E-state index in [1.807, 2.05) is 6.07 Å². The summed E-state index contributed by atoms with van der Waals surface area (Å²) in [6.45, 7) is 13.1. The van der Waals surface area contributed by atoms with E-state index in [0.717, 1.165) is 43.5 Å². The Kier molecular flexibility index (Phi) is 4.71. The van der Waals surface area contributed by atoms with Crippen molar-refractivity contribution in [3.05, 3.63) is 11.9 Å². The molecule has 0 bridgehead atoms. The second-order valence-corrected chi connectivity index (χ2v) is 6.99. The molecule has 1 aromatic rings. The van der Waals surface area contributed by atoms with Crippen LogP contribution in [0.2, 0.25) is 0 Å². The summed E-state index contributed by atoms with van der Waals surface area (Å²) in [5.74, 6) is 2.97. The molecule has 0 spiro atoms. The molecular weight excluding hydrogens is 264 g/mol. The Hall–Kier alpha value is -1.36. The van der Waals surface area contributed by atoms with Crippen molar-refractivity contribution in [3.63, 3.8) is 0 Å². The van der Waals surface area contributed by atoms with Crippen LogP contribution in [0, 0.1) is 5.92 Å². The number of piperidine rings is 1. The fraction of sp³-hybridized carbons (Fsp3) is 0.750. The Morgan fingerprint density at radius 1 is 1.38 bits per heavy atom. The molecule has 5 heteroatoms. The van der Waals surface area contributed by atoms with Crippen LogP contribution >= 0.6 is 0 Å². The number of nitrogens with one attached hydrogen (secondary N) is 1. The van der Waals surface area contributed by atoms with Crippen LogP contribution in [0.4, 0.5) is 11.6 Å². The molecular formula is C16H28N4O. The summed E-state index contributed by atoms with van der Waals surface area (Å²) >= 11 is 0. The second-order valence-electron chi connectivity index (χ2n) is 6.99. The summed E-state index contributed by atoms with van der Waals surface area (Å²) in [4.78, 5) is 11.6. The molecule has 118 valence electrons. The third kappa shape index (κ3) is 3.84. The average molecular weight is 292 g/mol. The Morgan fingerprint density at radius 3 is 2.67 bits per heavy atom. The third-order valence-electron chi connectivity index (χ3n) is 3.93. The minimum Gasteiger partial charge on any atom is -0.393 e. The summed E-state index contributed by atoms with van der Waals surface area (Å²) in [5.41, 5.74) is -0.0822. The van der Waals surface area contributed by atoms with Crippen LogP contribution in [0.25, 0.3) is 0 Å². The number of hydrogen-bond acceptors (Lipinski definition) is 5. The molecule has 1 fully saturated rings. The van der Waals surface area contributed by atoms with Crippen molar-refractivity contribution in [2.75, 3.05) is 29.9 Å². The highest BCUT2D eigenvalue weighted by Gasteiger charge is 2.27. The van der Waals surface area contributed by atoms with Gasteiger partial charge >= 0.3 is 0 Å². The van der Waals surface area contributed by atoms with Crippen LogP contribution in [0.1, 0.15) is 46.9 Å². The van der Waals surface area contributed by atoms with Gasteiger partial charge in [0.2, 0.25) is 0 Å². The molecule has 5 nitrogen and oxygen atoms in total. The summed E-state index contributed by atoms with van der Waals surface area (Å²) in [7, 11) is 0. The minimum absolute atomic E-state index is 0.0822. The molecule has 1 aliphatic rings. The third-order valence-corrected chi connectivity index (χ3v) is 3.93. The van der Waals surface area contributed by atoms with E-state index in [2.05, 4.69) is 49.8 Å². The first kappa shape index (κ1) is 16.0. The fourth-order valence-corrected chi connectivity index (χ4v) is 2.54. The highest BCUT2D eigenvalue weighted by Crippen LogP contribution is 2.27. The lowest BCUT2D eigenvalue weighted by molar-refractivity contribution is 0.0968. The van der Waals surface area contributed by atoms with Crippen LogP contribution in [-0.2, 0) is 5.41 Å². The lowest BCUT2D eigenvalue weighted by atomic mass is 9.95. The predicted molar refractivity (Wildman–Crippen MR) is 86.9 cm³/mol. The van der Waals surface area contributed by atoms with Gasteiger partial charge < -0.3 is 15.3 Å². The van der Waals surface area contributed by atoms with E-state index in [-0.39, 0.29) is 17.4 Å². The average Bonchev–Trinajstić information content (AvgIpc) is 2.41. The van der Waals surface area contributed by atoms with Gasteiger partial charge in [0.05, 0.1) is 6.10 Å². The van der Waals surface area contributed by atoms with Crippen molar-refractivity contribution < 1.29 is 5.11 Å². The standard InChI is InChI=1S/C16H28N4O/c1-6-17-13-9-14(19-15(18-13)16(3,4)5)20-8-7-12(21)11(2)10-20/h9,11-12,21H,6-8,10H2,1-5H3,(H,17,18,19). The number of rotatable bonds is 3. The van der Waals surface area contributed by atoms with E-state index in [1.54, 1.807) is 0 Å². The lowest BCUT2D eigenvalue weighted by Crippen LogP contribution is -2.42. The smallest absolute Gasteiger partial charge is 0.138 e. The Morgan fingerprint density at radius 2 is 2.10 bits per heavy atom. The number of nitrogens with zero attached hydrogens (tertiary/aromatic N) is 3. The first-order chi connectivity index (χ1) is 9.81. The van der Waals surface area contributed by atoms with Crippen molar-refractivity contribution in [1.29, 1.82) is 0 Å². The van der Waals surface area contributed by atoms with Crippen LogP contribution in [-0.4, -0.2) is 40.8 Å². The van der Waals surface area contributed by atoms with Crippen molar-refractivity contribution in [2.24, 2.45) is 5.92 Å². The molecule has 0 aromatic carbocycles. The number of anilines is 2. The summed E-state index contributed by atoms with van der Waals surface area (Å²) in [6, 6.07) is 2.02. The summed E-state index contributed by atoms with van der Waals surface area (Å²) in [5, 5.41) is 13.2. The highest BCUT2D eigenvalue weighted by atomic mass is 16.3. The molecule has 0 aliphatic carbocycles. The Balaban J connectivity index is 2.31. The first-order valence-electron chi connectivity index (χ1n) is 7.87. The maximum absolute atomic E-state index is 9.89. The second kappa shape index (κ2) is 6.18. The van der Waals surface area contributed by atoms with Crippen molar-refractivity contribution in [1.82, 2.24) is 9.97 Å². The predicted octanol–water partition coefficient (Wildman–Crippen LogP) is 2.41. The van der Waals surface area contributed by atoms with Gasteiger partial charge in [-0.1, -0.05) is 27.7 Å². The van der Waals surface area contributed by atoms with Crippen molar-refractivity contribution in [2.45, 2.75) is 52.6 Å². The van der Waals surface area contributed by atoms with Crippen molar-refractivity contribution in [3.8, 4) is 0 Å². The Labute approximate surface area is 127 Å². The van der Waals surface area contributed by atoms with Crippen LogP contribution in [0.3, 0.4) is 0 Å². The zero-order valence-electron chi connectivity index (χ0n) is 13.8. The lowest BCUT2D eigenvalue weighted by Gasteiger charge is -2.35. The minimum atomic E-state index is -0.196. The molecule has 2 atom stereocenters. The van der Waals surface area contributed by atoms with E-state index in [1.165, 1.54) is 0 Å². The number of aliphatic hydroxyl groups is 1. The number of hydrogen-bond donors (Lipinski definition) is 2. The SMILES string of the molecule is CCNc1cc(N2CCC(O)C(C)C2)nc(C(C)(C)C)n1. The van der Waals surface area contributed by atoms with Gasteiger partial charge in [-0.3, -0.25) is 0 Å². The Bertz CT molecular complexity index is 484. The van der Waals surface area contributed by atoms with E-state index in [9.17, 15) is 5.11 Å². The van der Waals surface area contributed by atoms with E-state index in [0.29, 0.717) is 0 Å². The normalized spacial score (nSPS) is 23.2. The van der Waals surface area contributed by atoms with Gasteiger partial charge in [-0.15, -0.1) is 0 Å². The van der Waals surface area contributed by atoms with E-state index < -0.39 is 0 Å². The van der Waals surface area contributed by atoms with Crippen LogP contribution in [0.5, 0.6) is 0 Å². The topological polar surface area (TPSA) is 61.3 Å². The molecule has 0 radical (unpaired) electrons. The highest BCUT2D eigenvalue weighted by molar-refractivity contribution is 5.50. The summed E-state index contributed by atoms with van der Waals surface area (Å²) in [6.07, 6.45) is 0.602. The number of aromatic nitrogens is 2. The fourth-order valence-electron chi connectivity index (χ4n) is 2.54. The van der Waals surface area contributed by atoms with Gasteiger partial charge in [0, 0.05) is 31.1 Å². The molecule has 21 heavy (non-hydrogen) atoms. The molecule has 1 aliphatic heterocycles. The monoisotopic (exact) mass is 292 g/mol. The van der Waals surface area contributed by atoms with Gasteiger partial charge in [0.25, 0.3) is 0 Å². The zero-order valence-corrected chi connectivity index (χ0v) is 13.8. The molecule has 1 aromatic heterocycles. The van der Waals surface area contributed by atoms with Crippen molar-refractivity contribution >= 4 is 11.6 Å². The van der Waals surface area contributed by atoms with Gasteiger partial charge in [-0.05, 0) is 19.3 Å². The van der Waals surface area contributed by atoms with E-state index in [4.69, 9.17) is 4.98 Å². The van der Waals surface area contributed by atoms with Gasteiger partial charge in [0.1, 0.15) is 17.5 Å². The van der Waals surface area contributed by atoms with E-state index >= 15 is 0 Å². The maximum atomic E-state index is 9.89. The molecule has 1 saturated heterocycles. The first-order valence-corrected chi connectivity index (χ1v) is 7.87. The quantitative estimate of drug-likeness (QED) is 0.896. The van der Waals surface area contributed by atoms with Crippen LogP contribution < -0.4 is 10.2 Å². The zero-order chi connectivity index (χ0) is 15.6. The van der Waals surface area contributed by atoms with Gasteiger partial charge in [0.15, 0.2) is 0 Å². The molecule has 2 rings (SSSR count). The molecule has 0 saturated carbocycles. The largest absolute Gasteiger partial charge is 0.393 e. The molecule has 2 unspecified atom stereocenters. The molecule has 0 amide bonds. The maximum Gasteiger partial charge on any atom is 0.138 e. The van der Waals surface area contributed by atoms with Gasteiger partial charge in [-0.25, -0.2) is 9.97 Å². The molecule has 2 heterocycles. The molecule has 2 N–H and O–H groups in total. The van der Waals surface area contributed by atoms with Gasteiger partial charge in [-0.2, -0.15) is 0 Å².